The Morgan fingerprint density at radius 2 is 1.80 bits per heavy atom. The third kappa shape index (κ3) is 4.28. The van der Waals surface area contributed by atoms with Crippen molar-refractivity contribution < 1.29 is 9.59 Å². The Morgan fingerprint density at radius 1 is 1.08 bits per heavy atom. The highest BCUT2D eigenvalue weighted by Gasteiger charge is 2.31. The largest absolute Gasteiger partial charge is 0.341 e. The Morgan fingerprint density at radius 3 is 2.40 bits per heavy atom. The van der Waals surface area contributed by atoms with Gasteiger partial charge in [0.2, 0.25) is 0 Å². The second-order valence-corrected chi connectivity index (χ2v) is 7.34. The van der Waals surface area contributed by atoms with Crippen molar-refractivity contribution in [2.24, 2.45) is 5.92 Å². The van der Waals surface area contributed by atoms with Crippen LogP contribution in [0.5, 0.6) is 0 Å². The standard InChI is InChI=1S/C20H21BrN2O2/c1-13-10-11-17(16(21)12-13)22-19(24)20(25)23-18(15-8-5-9-15)14-6-3-2-4-7-14/h2-4,6-7,10-12,15,18H,5,8-9H2,1H3,(H,22,24)(H,23,25)/t18-/m0/s1. The van der Waals surface area contributed by atoms with E-state index < -0.39 is 11.8 Å². The third-order valence-electron chi connectivity index (χ3n) is 4.65. The summed E-state index contributed by atoms with van der Waals surface area (Å²) in [7, 11) is 0. The highest BCUT2D eigenvalue weighted by atomic mass is 79.9. The van der Waals surface area contributed by atoms with E-state index in [2.05, 4.69) is 26.6 Å². The second kappa shape index (κ2) is 7.83. The first-order valence-corrected chi connectivity index (χ1v) is 9.27. The summed E-state index contributed by atoms with van der Waals surface area (Å²) in [4.78, 5) is 24.7. The molecule has 0 spiro atoms. The summed E-state index contributed by atoms with van der Waals surface area (Å²) in [6.07, 6.45) is 3.32. The molecule has 1 atom stereocenters. The van der Waals surface area contributed by atoms with Crippen LogP contribution in [-0.4, -0.2) is 11.8 Å². The van der Waals surface area contributed by atoms with Gasteiger partial charge in [0.15, 0.2) is 0 Å². The van der Waals surface area contributed by atoms with Crippen LogP contribution in [0.15, 0.2) is 53.0 Å². The predicted octanol–water partition coefficient (Wildman–Crippen LogP) is 4.35. The lowest BCUT2D eigenvalue weighted by atomic mass is 9.77. The number of carbonyl (C=O) groups excluding carboxylic acids is 2. The first-order valence-electron chi connectivity index (χ1n) is 8.47. The van der Waals surface area contributed by atoms with Gasteiger partial charge >= 0.3 is 11.8 Å². The topological polar surface area (TPSA) is 58.2 Å². The molecule has 2 aromatic rings. The number of hydrogen-bond donors (Lipinski definition) is 2. The maximum Gasteiger partial charge on any atom is 0.313 e. The monoisotopic (exact) mass is 400 g/mol. The molecule has 3 rings (SSSR count). The molecule has 2 N–H and O–H groups in total. The van der Waals surface area contributed by atoms with Gasteiger partial charge in [0.25, 0.3) is 0 Å². The number of aryl methyl sites for hydroxylation is 1. The molecular formula is C20H21BrN2O2. The summed E-state index contributed by atoms with van der Waals surface area (Å²) in [6, 6.07) is 15.3. The summed E-state index contributed by atoms with van der Waals surface area (Å²) in [5, 5.41) is 5.59. The Balaban J connectivity index is 1.69. The molecule has 130 valence electrons. The van der Waals surface area contributed by atoms with Crippen LogP contribution < -0.4 is 10.6 Å². The van der Waals surface area contributed by atoms with Crippen molar-refractivity contribution in [3.63, 3.8) is 0 Å². The van der Waals surface area contributed by atoms with Crippen LogP contribution in [0.1, 0.15) is 36.4 Å². The molecule has 0 saturated heterocycles. The first-order chi connectivity index (χ1) is 12.0. The summed E-state index contributed by atoms with van der Waals surface area (Å²) in [5.74, 6) is -0.858. The van der Waals surface area contributed by atoms with Crippen LogP contribution in [0.25, 0.3) is 0 Å². The van der Waals surface area contributed by atoms with Crippen LogP contribution in [0.2, 0.25) is 0 Å². The molecule has 0 heterocycles. The first kappa shape index (κ1) is 17.7. The van der Waals surface area contributed by atoms with Crippen molar-refractivity contribution in [2.45, 2.75) is 32.2 Å². The number of rotatable bonds is 4. The van der Waals surface area contributed by atoms with Crippen LogP contribution >= 0.6 is 15.9 Å². The van der Waals surface area contributed by atoms with E-state index in [-0.39, 0.29) is 6.04 Å². The Hall–Kier alpha value is -2.14. The van der Waals surface area contributed by atoms with Crippen molar-refractivity contribution in [1.82, 2.24) is 5.32 Å². The molecule has 5 heteroatoms. The van der Waals surface area contributed by atoms with Crippen molar-refractivity contribution in [3.05, 3.63) is 64.1 Å². The molecule has 25 heavy (non-hydrogen) atoms. The fourth-order valence-electron chi connectivity index (χ4n) is 3.01. The molecule has 0 aromatic heterocycles. The molecule has 0 bridgehead atoms. The van der Waals surface area contributed by atoms with Crippen molar-refractivity contribution in [2.75, 3.05) is 5.32 Å². The average molecular weight is 401 g/mol. The predicted molar refractivity (Wildman–Crippen MR) is 102 cm³/mol. The normalized spacial score (nSPS) is 15.1. The van der Waals surface area contributed by atoms with Gasteiger partial charge in [-0.1, -0.05) is 42.8 Å². The van der Waals surface area contributed by atoms with E-state index in [0.29, 0.717) is 11.6 Å². The Labute approximate surface area is 156 Å². The Kier molecular flexibility index (Phi) is 5.53. The quantitative estimate of drug-likeness (QED) is 0.749. The molecule has 2 aromatic carbocycles. The molecular weight excluding hydrogens is 380 g/mol. The van der Waals surface area contributed by atoms with Crippen LogP contribution in [0.3, 0.4) is 0 Å². The van der Waals surface area contributed by atoms with Crippen LogP contribution in [0, 0.1) is 12.8 Å². The number of anilines is 1. The lowest BCUT2D eigenvalue weighted by Gasteiger charge is -2.34. The molecule has 1 fully saturated rings. The van der Waals surface area contributed by atoms with Gasteiger partial charge in [-0.15, -0.1) is 0 Å². The smallest absolute Gasteiger partial charge is 0.313 e. The van der Waals surface area contributed by atoms with Gasteiger partial charge in [0.1, 0.15) is 0 Å². The second-order valence-electron chi connectivity index (χ2n) is 6.49. The lowest BCUT2D eigenvalue weighted by molar-refractivity contribution is -0.137. The molecule has 2 amide bonds. The molecule has 1 aliphatic carbocycles. The van der Waals surface area contributed by atoms with Gasteiger partial charge in [-0.05, 0) is 64.9 Å². The van der Waals surface area contributed by atoms with E-state index in [0.717, 1.165) is 28.4 Å². The van der Waals surface area contributed by atoms with Crippen LogP contribution in [0.4, 0.5) is 5.69 Å². The van der Waals surface area contributed by atoms with E-state index in [1.807, 2.05) is 49.4 Å². The number of amides is 2. The maximum atomic E-state index is 12.4. The molecule has 1 saturated carbocycles. The number of nitrogens with one attached hydrogen (secondary N) is 2. The van der Waals surface area contributed by atoms with Gasteiger partial charge < -0.3 is 10.6 Å². The van der Waals surface area contributed by atoms with Gasteiger partial charge in [0, 0.05) is 4.47 Å². The zero-order chi connectivity index (χ0) is 17.8. The number of halogens is 1. The van der Waals surface area contributed by atoms with E-state index in [4.69, 9.17) is 0 Å². The highest BCUT2D eigenvalue weighted by Crippen LogP contribution is 2.37. The maximum absolute atomic E-state index is 12.4. The summed E-state index contributed by atoms with van der Waals surface area (Å²) < 4.78 is 0.757. The fraction of sp³-hybridized carbons (Fsp3) is 0.300. The lowest BCUT2D eigenvalue weighted by Crippen LogP contribution is -2.41. The highest BCUT2D eigenvalue weighted by molar-refractivity contribution is 9.10. The minimum Gasteiger partial charge on any atom is -0.341 e. The third-order valence-corrected chi connectivity index (χ3v) is 5.30. The van der Waals surface area contributed by atoms with Crippen molar-refractivity contribution in [3.8, 4) is 0 Å². The minimum absolute atomic E-state index is 0.116. The molecule has 1 aliphatic rings. The molecule has 4 nitrogen and oxygen atoms in total. The molecule has 0 radical (unpaired) electrons. The van der Waals surface area contributed by atoms with Crippen molar-refractivity contribution in [1.29, 1.82) is 0 Å². The summed E-state index contributed by atoms with van der Waals surface area (Å²) >= 11 is 3.41. The van der Waals surface area contributed by atoms with E-state index in [1.165, 1.54) is 6.42 Å². The summed E-state index contributed by atoms with van der Waals surface area (Å²) in [5.41, 5.74) is 2.71. The summed E-state index contributed by atoms with van der Waals surface area (Å²) in [6.45, 7) is 1.96. The van der Waals surface area contributed by atoms with E-state index >= 15 is 0 Å². The SMILES string of the molecule is Cc1ccc(NC(=O)C(=O)N[C@@H](c2ccccc2)C2CCC2)c(Br)c1. The number of benzene rings is 2. The van der Waals surface area contributed by atoms with Crippen LogP contribution in [-0.2, 0) is 9.59 Å². The Bertz CT molecular complexity index is 773. The minimum atomic E-state index is -0.648. The molecule has 0 aliphatic heterocycles. The number of hydrogen-bond acceptors (Lipinski definition) is 2. The average Bonchev–Trinajstić information content (AvgIpc) is 2.55. The zero-order valence-corrected chi connectivity index (χ0v) is 15.7. The molecule has 0 unspecified atom stereocenters. The van der Waals surface area contributed by atoms with Crippen molar-refractivity contribution >= 4 is 33.4 Å². The van der Waals surface area contributed by atoms with E-state index in [9.17, 15) is 9.59 Å². The van der Waals surface area contributed by atoms with Gasteiger partial charge in [-0.25, -0.2) is 0 Å². The number of carbonyl (C=O) groups is 2. The fourth-order valence-corrected chi connectivity index (χ4v) is 3.61. The van der Waals surface area contributed by atoms with Gasteiger partial charge in [-0.3, -0.25) is 9.59 Å². The zero-order valence-electron chi connectivity index (χ0n) is 14.1. The van der Waals surface area contributed by atoms with E-state index in [1.54, 1.807) is 6.07 Å². The van der Waals surface area contributed by atoms with Gasteiger partial charge in [-0.2, -0.15) is 0 Å². The van der Waals surface area contributed by atoms with Gasteiger partial charge in [0.05, 0.1) is 11.7 Å².